The van der Waals surface area contributed by atoms with Gasteiger partial charge in [0.25, 0.3) is 0 Å². The minimum Gasteiger partial charge on any atom is -0.494 e. The first kappa shape index (κ1) is 10.3. The maximum Gasteiger partial charge on any atom is 0.147 e. The minimum atomic E-state index is 0.334. The smallest absolute Gasteiger partial charge is 0.147 e. The molecule has 2 aromatic rings. The minimum absolute atomic E-state index is 0.334. The molecule has 1 aromatic heterocycles. The Morgan fingerprint density at radius 3 is 2.75 bits per heavy atom. The van der Waals surface area contributed by atoms with Crippen molar-refractivity contribution in [3.8, 4) is 17.2 Å². The van der Waals surface area contributed by atoms with Crippen LogP contribution in [0.1, 0.15) is 0 Å². The standard InChI is InChI=1S/C12H11N2O2/c1-15-12-7-9(4-5-11(12)13)16-10-3-2-6-14-8-10/h2-8,13H,1H3. The van der Waals surface area contributed by atoms with Gasteiger partial charge in [0.2, 0.25) is 0 Å². The normalized spacial score (nSPS) is 9.81. The number of nitrogens with zero attached hydrogens (tertiary/aromatic N) is 1. The third-order valence-electron chi connectivity index (χ3n) is 2.04. The zero-order valence-corrected chi connectivity index (χ0v) is 8.81. The van der Waals surface area contributed by atoms with Crippen molar-refractivity contribution in [2.24, 2.45) is 0 Å². The van der Waals surface area contributed by atoms with Crippen LogP contribution in [-0.4, -0.2) is 12.1 Å². The molecule has 1 N–H and O–H groups in total. The first-order chi connectivity index (χ1) is 7.79. The van der Waals surface area contributed by atoms with Gasteiger partial charge < -0.3 is 9.47 Å². The maximum atomic E-state index is 7.55. The number of ether oxygens (including phenoxy) is 2. The lowest BCUT2D eigenvalue weighted by atomic mass is 10.3. The summed E-state index contributed by atoms with van der Waals surface area (Å²) in [5.41, 5.74) is 7.89. The molecule has 0 bridgehead atoms. The number of benzene rings is 1. The van der Waals surface area contributed by atoms with Crippen molar-refractivity contribution >= 4 is 5.69 Å². The van der Waals surface area contributed by atoms with Crippen molar-refractivity contribution in [3.63, 3.8) is 0 Å². The molecule has 0 unspecified atom stereocenters. The lowest BCUT2D eigenvalue weighted by molar-refractivity contribution is 0.410. The van der Waals surface area contributed by atoms with Crippen LogP contribution in [0.5, 0.6) is 17.2 Å². The van der Waals surface area contributed by atoms with E-state index in [1.807, 2.05) is 6.07 Å². The third-order valence-corrected chi connectivity index (χ3v) is 2.04. The summed E-state index contributed by atoms with van der Waals surface area (Å²) in [4.78, 5) is 3.95. The quantitative estimate of drug-likeness (QED) is 0.791. The van der Waals surface area contributed by atoms with Crippen molar-refractivity contribution in [1.29, 1.82) is 0 Å². The van der Waals surface area contributed by atoms with Crippen LogP contribution in [0.15, 0.2) is 42.7 Å². The van der Waals surface area contributed by atoms with Crippen molar-refractivity contribution in [3.05, 3.63) is 42.7 Å². The van der Waals surface area contributed by atoms with Crippen LogP contribution in [0.3, 0.4) is 0 Å². The van der Waals surface area contributed by atoms with E-state index in [4.69, 9.17) is 15.2 Å². The SMILES string of the molecule is COc1cc(Oc2cccnc2)ccc1[NH]. The molecule has 1 radical (unpaired) electrons. The molecule has 4 heteroatoms. The van der Waals surface area contributed by atoms with Gasteiger partial charge in [0, 0.05) is 12.3 Å². The monoisotopic (exact) mass is 215 g/mol. The molecule has 0 amide bonds. The fourth-order valence-electron chi connectivity index (χ4n) is 1.28. The molecule has 0 aliphatic rings. The van der Waals surface area contributed by atoms with Crippen molar-refractivity contribution in [2.75, 3.05) is 7.11 Å². The summed E-state index contributed by atoms with van der Waals surface area (Å²) in [6.07, 6.45) is 3.31. The fourth-order valence-corrected chi connectivity index (χ4v) is 1.28. The summed E-state index contributed by atoms with van der Waals surface area (Å²) >= 11 is 0. The van der Waals surface area contributed by atoms with Crippen LogP contribution in [-0.2, 0) is 0 Å². The average Bonchev–Trinajstić information content (AvgIpc) is 2.33. The highest BCUT2D eigenvalue weighted by Crippen LogP contribution is 2.30. The molecular weight excluding hydrogens is 204 g/mol. The Labute approximate surface area is 93.6 Å². The van der Waals surface area contributed by atoms with E-state index in [1.165, 1.54) is 7.11 Å². The van der Waals surface area contributed by atoms with Gasteiger partial charge in [-0.3, -0.25) is 10.7 Å². The molecule has 0 saturated carbocycles. The molecule has 81 valence electrons. The first-order valence-electron chi connectivity index (χ1n) is 4.77. The van der Waals surface area contributed by atoms with E-state index in [2.05, 4.69) is 4.98 Å². The van der Waals surface area contributed by atoms with Gasteiger partial charge in [-0.05, 0) is 24.3 Å². The van der Waals surface area contributed by atoms with E-state index in [9.17, 15) is 0 Å². The molecule has 1 aromatic carbocycles. The van der Waals surface area contributed by atoms with Gasteiger partial charge in [-0.1, -0.05) is 0 Å². The highest BCUT2D eigenvalue weighted by atomic mass is 16.5. The van der Waals surface area contributed by atoms with Gasteiger partial charge >= 0.3 is 0 Å². The Bertz CT molecular complexity index is 472. The molecule has 0 aliphatic carbocycles. The summed E-state index contributed by atoms with van der Waals surface area (Å²) in [7, 11) is 1.53. The molecule has 16 heavy (non-hydrogen) atoms. The number of aromatic nitrogens is 1. The van der Waals surface area contributed by atoms with Crippen molar-refractivity contribution in [2.45, 2.75) is 0 Å². The Kier molecular flexibility index (Phi) is 2.91. The van der Waals surface area contributed by atoms with Crippen LogP contribution in [0.2, 0.25) is 0 Å². The fraction of sp³-hybridized carbons (Fsp3) is 0.0833. The summed E-state index contributed by atoms with van der Waals surface area (Å²) in [6, 6.07) is 8.64. The van der Waals surface area contributed by atoms with E-state index in [0.717, 1.165) is 0 Å². The molecule has 0 fully saturated rings. The predicted octanol–water partition coefficient (Wildman–Crippen LogP) is 2.80. The number of rotatable bonds is 3. The zero-order valence-electron chi connectivity index (χ0n) is 8.81. The molecule has 2 rings (SSSR count). The second-order valence-corrected chi connectivity index (χ2v) is 3.15. The van der Waals surface area contributed by atoms with E-state index in [0.29, 0.717) is 22.9 Å². The third kappa shape index (κ3) is 2.23. The summed E-state index contributed by atoms with van der Waals surface area (Å²) in [5, 5.41) is 0. The molecule has 0 spiro atoms. The summed E-state index contributed by atoms with van der Waals surface area (Å²) < 4.78 is 10.6. The summed E-state index contributed by atoms with van der Waals surface area (Å²) in [5.74, 6) is 1.77. The van der Waals surface area contributed by atoms with Crippen LogP contribution < -0.4 is 15.2 Å². The maximum absolute atomic E-state index is 7.55. The largest absolute Gasteiger partial charge is 0.494 e. The molecule has 4 nitrogen and oxygen atoms in total. The predicted molar refractivity (Wildman–Crippen MR) is 60.1 cm³/mol. The number of pyridine rings is 1. The topological polar surface area (TPSA) is 55.2 Å². The zero-order chi connectivity index (χ0) is 11.4. The van der Waals surface area contributed by atoms with Gasteiger partial charge in [-0.25, -0.2) is 0 Å². The van der Waals surface area contributed by atoms with Gasteiger partial charge in [0.1, 0.15) is 17.2 Å². The summed E-state index contributed by atoms with van der Waals surface area (Å²) in [6.45, 7) is 0. The Morgan fingerprint density at radius 2 is 2.06 bits per heavy atom. The Hall–Kier alpha value is -2.23. The lowest BCUT2D eigenvalue weighted by Gasteiger charge is -2.08. The first-order valence-corrected chi connectivity index (χ1v) is 4.77. The highest BCUT2D eigenvalue weighted by Gasteiger charge is 2.03. The van der Waals surface area contributed by atoms with Gasteiger partial charge in [-0.2, -0.15) is 0 Å². The number of methoxy groups -OCH3 is 1. The van der Waals surface area contributed by atoms with Crippen molar-refractivity contribution in [1.82, 2.24) is 10.7 Å². The number of nitrogens with one attached hydrogen (secondary N) is 1. The molecule has 0 atom stereocenters. The highest BCUT2D eigenvalue weighted by molar-refractivity contribution is 5.53. The van der Waals surface area contributed by atoms with E-state index in [1.54, 1.807) is 36.7 Å². The number of hydrogen-bond donors (Lipinski definition) is 0. The van der Waals surface area contributed by atoms with Gasteiger partial charge in [0.05, 0.1) is 19.0 Å². The van der Waals surface area contributed by atoms with Crippen LogP contribution >= 0.6 is 0 Å². The van der Waals surface area contributed by atoms with Crippen LogP contribution in [0.4, 0.5) is 5.69 Å². The van der Waals surface area contributed by atoms with Crippen LogP contribution in [0.25, 0.3) is 0 Å². The molecule has 0 saturated heterocycles. The molecule has 0 aliphatic heterocycles. The van der Waals surface area contributed by atoms with E-state index in [-0.39, 0.29) is 0 Å². The van der Waals surface area contributed by atoms with Gasteiger partial charge in [-0.15, -0.1) is 0 Å². The lowest BCUT2D eigenvalue weighted by Crippen LogP contribution is -1.88. The van der Waals surface area contributed by atoms with Crippen LogP contribution in [0, 0.1) is 0 Å². The molecule has 1 heterocycles. The average molecular weight is 215 g/mol. The van der Waals surface area contributed by atoms with Crippen molar-refractivity contribution < 1.29 is 9.47 Å². The Morgan fingerprint density at radius 1 is 1.19 bits per heavy atom. The second-order valence-electron chi connectivity index (χ2n) is 3.15. The molecular formula is C12H11N2O2. The Balaban J connectivity index is 2.22. The van der Waals surface area contributed by atoms with E-state index < -0.39 is 0 Å². The number of hydrogen-bond acceptors (Lipinski definition) is 3. The van der Waals surface area contributed by atoms with E-state index >= 15 is 0 Å². The second kappa shape index (κ2) is 4.53. The van der Waals surface area contributed by atoms with Gasteiger partial charge in [0.15, 0.2) is 0 Å².